The molecule has 0 bridgehead atoms. The summed E-state index contributed by atoms with van der Waals surface area (Å²) in [5.41, 5.74) is 3.29. The molecule has 0 aliphatic carbocycles. The van der Waals surface area contributed by atoms with Gasteiger partial charge in [-0.05, 0) is 80.1 Å². The molecule has 0 amide bonds. The predicted octanol–water partition coefficient (Wildman–Crippen LogP) is 7.27. The van der Waals surface area contributed by atoms with Crippen LogP contribution in [-0.2, 0) is 11.8 Å². The predicted molar refractivity (Wildman–Crippen MR) is 127 cm³/mol. The molecule has 31 heavy (non-hydrogen) atoms. The first-order chi connectivity index (χ1) is 15.1. The zero-order valence-corrected chi connectivity index (χ0v) is 18.3. The third-order valence-electron chi connectivity index (χ3n) is 5.75. The monoisotopic (exact) mass is 415 g/mol. The van der Waals surface area contributed by atoms with E-state index in [9.17, 15) is 4.39 Å². The molecule has 3 rings (SSSR count). The molecule has 0 aliphatic rings. The van der Waals surface area contributed by atoms with Crippen molar-refractivity contribution >= 4 is 11.4 Å². The Hall–Kier alpha value is -3.25. The lowest BCUT2D eigenvalue weighted by Gasteiger charge is -2.28. The van der Waals surface area contributed by atoms with Crippen LogP contribution >= 0.6 is 0 Å². The minimum Gasteiger partial charge on any atom is -0.494 e. The smallest absolute Gasteiger partial charge is 0.146 e. The van der Waals surface area contributed by atoms with E-state index in [4.69, 9.17) is 11.2 Å². The van der Waals surface area contributed by atoms with E-state index in [2.05, 4.69) is 30.3 Å². The fourth-order valence-corrected chi connectivity index (χ4v) is 3.91. The molecular formula is C28H30FNO. The highest BCUT2D eigenvalue weighted by Crippen LogP contribution is 2.34. The van der Waals surface area contributed by atoms with Crippen LogP contribution in [-0.4, -0.2) is 6.61 Å². The number of ether oxygens (including phenoxy) is 1. The Morgan fingerprint density at radius 3 is 2.39 bits per heavy atom. The zero-order valence-electron chi connectivity index (χ0n) is 18.3. The van der Waals surface area contributed by atoms with Gasteiger partial charge in [-0.25, -0.2) is 4.39 Å². The van der Waals surface area contributed by atoms with Gasteiger partial charge in [-0.15, -0.1) is 6.42 Å². The van der Waals surface area contributed by atoms with E-state index in [1.54, 1.807) is 0 Å². The number of anilines is 2. The summed E-state index contributed by atoms with van der Waals surface area (Å²) in [6.07, 6.45) is 9.50. The van der Waals surface area contributed by atoms with E-state index >= 15 is 0 Å². The quantitative estimate of drug-likeness (QED) is 0.352. The van der Waals surface area contributed by atoms with E-state index in [1.807, 2.05) is 61.5 Å². The second-order valence-corrected chi connectivity index (χ2v) is 7.70. The van der Waals surface area contributed by atoms with Crippen molar-refractivity contribution in [2.45, 2.75) is 44.9 Å². The van der Waals surface area contributed by atoms with Crippen LogP contribution in [0.5, 0.6) is 5.75 Å². The number of rotatable bonds is 10. The number of hydrogen-bond donors (Lipinski definition) is 1. The fraction of sp³-hybridized carbons (Fsp3) is 0.286. The maximum absolute atomic E-state index is 14.3. The molecule has 160 valence electrons. The van der Waals surface area contributed by atoms with Crippen LogP contribution in [0.1, 0.15) is 44.2 Å². The molecule has 0 aliphatic heterocycles. The average molecular weight is 416 g/mol. The summed E-state index contributed by atoms with van der Waals surface area (Å²) in [7, 11) is 0. The Morgan fingerprint density at radius 2 is 1.74 bits per heavy atom. The second-order valence-electron chi connectivity index (χ2n) is 7.70. The van der Waals surface area contributed by atoms with Gasteiger partial charge in [0.05, 0.1) is 17.7 Å². The highest BCUT2D eigenvalue weighted by atomic mass is 19.1. The Kier molecular flexibility index (Phi) is 7.73. The second kappa shape index (κ2) is 10.7. The normalized spacial score (nSPS) is 12.6. The zero-order chi connectivity index (χ0) is 22.1. The van der Waals surface area contributed by atoms with Crippen molar-refractivity contribution in [3.63, 3.8) is 0 Å². The number of hydrogen-bond acceptors (Lipinski definition) is 2. The van der Waals surface area contributed by atoms with E-state index < -0.39 is 0 Å². The van der Waals surface area contributed by atoms with Crippen molar-refractivity contribution in [2.24, 2.45) is 0 Å². The van der Waals surface area contributed by atoms with Crippen molar-refractivity contribution in [1.29, 1.82) is 0 Å². The number of para-hydroxylation sites is 1. The molecule has 0 saturated heterocycles. The van der Waals surface area contributed by atoms with E-state index in [0.29, 0.717) is 12.3 Å². The van der Waals surface area contributed by atoms with Gasteiger partial charge in [-0.1, -0.05) is 49.2 Å². The number of benzene rings is 3. The standard InChI is InChI=1S/C28H30FNO/c1-4-28(5-2,23-15-17-25(18-16-23)31-6-3)20-10-11-22-14-19-26(29)27(21-22)30-24-12-8-7-9-13-24/h1,7-9,12-19,21,30H,5-6,10-11,20H2,2-3H3. The molecule has 1 N–H and O–H groups in total. The molecule has 0 fully saturated rings. The molecule has 0 radical (unpaired) electrons. The molecule has 3 aromatic carbocycles. The lowest BCUT2D eigenvalue weighted by Crippen LogP contribution is -2.23. The topological polar surface area (TPSA) is 21.3 Å². The van der Waals surface area contributed by atoms with Crippen molar-refractivity contribution < 1.29 is 9.13 Å². The summed E-state index contributed by atoms with van der Waals surface area (Å²) < 4.78 is 19.8. The van der Waals surface area contributed by atoms with Crippen LogP contribution in [0, 0.1) is 18.2 Å². The minimum absolute atomic E-state index is 0.256. The van der Waals surface area contributed by atoms with Crippen LogP contribution in [0.15, 0.2) is 72.8 Å². The first-order valence-corrected chi connectivity index (χ1v) is 10.9. The summed E-state index contributed by atoms with van der Waals surface area (Å²) in [5.74, 6) is 3.66. The molecule has 0 saturated carbocycles. The van der Waals surface area contributed by atoms with Gasteiger partial charge in [0.2, 0.25) is 0 Å². The molecule has 1 atom stereocenters. The van der Waals surface area contributed by atoms with Crippen LogP contribution < -0.4 is 10.1 Å². The Bertz CT molecular complexity index is 1010. The van der Waals surface area contributed by atoms with Crippen LogP contribution in [0.3, 0.4) is 0 Å². The lowest BCUT2D eigenvalue weighted by atomic mass is 9.75. The molecule has 2 nitrogen and oxygen atoms in total. The van der Waals surface area contributed by atoms with Crippen LogP contribution in [0.2, 0.25) is 0 Å². The number of terminal acetylenes is 1. The highest BCUT2D eigenvalue weighted by Gasteiger charge is 2.27. The van der Waals surface area contributed by atoms with Crippen molar-refractivity contribution in [2.75, 3.05) is 11.9 Å². The number of halogens is 1. The number of aryl methyl sites for hydroxylation is 1. The maximum Gasteiger partial charge on any atom is 0.146 e. The maximum atomic E-state index is 14.3. The first kappa shape index (κ1) is 22.4. The van der Waals surface area contributed by atoms with Gasteiger partial charge in [-0.3, -0.25) is 0 Å². The summed E-state index contributed by atoms with van der Waals surface area (Å²) in [5, 5.41) is 3.16. The molecular weight excluding hydrogens is 385 g/mol. The molecule has 0 spiro atoms. The third-order valence-corrected chi connectivity index (χ3v) is 5.75. The van der Waals surface area contributed by atoms with Gasteiger partial charge in [0.25, 0.3) is 0 Å². The summed E-state index contributed by atoms with van der Waals surface area (Å²) in [6.45, 7) is 4.75. The van der Waals surface area contributed by atoms with Gasteiger partial charge in [0.15, 0.2) is 0 Å². The summed E-state index contributed by atoms with van der Waals surface area (Å²) >= 11 is 0. The van der Waals surface area contributed by atoms with Crippen molar-refractivity contribution in [1.82, 2.24) is 0 Å². The largest absolute Gasteiger partial charge is 0.494 e. The van der Waals surface area contributed by atoms with Gasteiger partial charge in [0, 0.05) is 5.69 Å². The van der Waals surface area contributed by atoms with Gasteiger partial charge in [-0.2, -0.15) is 0 Å². The number of nitrogens with one attached hydrogen (secondary N) is 1. The third kappa shape index (κ3) is 5.67. The minimum atomic E-state index is -0.310. The van der Waals surface area contributed by atoms with E-state index in [0.717, 1.165) is 48.2 Å². The van der Waals surface area contributed by atoms with E-state index in [-0.39, 0.29) is 11.2 Å². The van der Waals surface area contributed by atoms with Gasteiger partial charge >= 0.3 is 0 Å². The van der Waals surface area contributed by atoms with E-state index in [1.165, 1.54) is 6.07 Å². The molecule has 0 aromatic heterocycles. The lowest BCUT2D eigenvalue weighted by molar-refractivity contribution is 0.340. The molecule has 3 heteroatoms. The Labute approximate surface area is 185 Å². The fourth-order valence-electron chi connectivity index (χ4n) is 3.91. The van der Waals surface area contributed by atoms with Gasteiger partial charge < -0.3 is 10.1 Å². The van der Waals surface area contributed by atoms with Crippen molar-refractivity contribution in [3.05, 3.63) is 89.7 Å². The summed E-state index contributed by atoms with van der Waals surface area (Å²) in [4.78, 5) is 0. The van der Waals surface area contributed by atoms with Crippen LogP contribution in [0.4, 0.5) is 15.8 Å². The molecule has 0 heterocycles. The Balaban J connectivity index is 1.68. The highest BCUT2D eigenvalue weighted by molar-refractivity contribution is 5.60. The van der Waals surface area contributed by atoms with Crippen LogP contribution in [0.25, 0.3) is 0 Å². The summed E-state index contributed by atoms with van der Waals surface area (Å²) in [6, 6.07) is 23.0. The SMILES string of the molecule is C#CC(CC)(CCCc1ccc(F)c(Nc2ccccc2)c1)c1ccc(OCC)cc1. The first-order valence-electron chi connectivity index (χ1n) is 10.9. The van der Waals surface area contributed by atoms with Gasteiger partial charge in [0.1, 0.15) is 11.6 Å². The Morgan fingerprint density at radius 1 is 1.00 bits per heavy atom. The molecule has 3 aromatic rings. The average Bonchev–Trinajstić information content (AvgIpc) is 2.81. The van der Waals surface area contributed by atoms with Crippen molar-refractivity contribution in [3.8, 4) is 18.1 Å². The molecule has 1 unspecified atom stereocenters.